The Morgan fingerprint density at radius 2 is 1.90 bits per heavy atom. The molecule has 0 heterocycles. The van der Waals surface area contributed by atoms with Gasteiger partial charge in [-0.1, -0.05) is 0 Å². The normalized spacial score (nSPS) is 10.3. The Morgan fingerprint density at radius 1 is 1.19 bits per heavy atom. The molecule has 0 saturated heterocycles. The number of hydrogen-bond acceptors (Lipinski definition) is 3. The van der Waals surface area contributed by atoms with Gasteiger partial charge >= 0.3 is 0 Å². The standard InChI is InChI=1S/C16H16BrNO3/c1-9-7-14(19)10(2)6-13(9)18-16(20)11-4-5-15(21-3)12(17)8-11/h4-8,19H,1-3H3,(H,18,20). The van der Waals surface area contributed by atoms with Gasteiger partial charge in [-0.2, -0.15) is 0 Å². The van der Waals surface area contributed by atoms with Gasteiger partial charge in [0.05, 0.1) is 11.6 Å². The first kappa shape index (κ1) is 15.4. The number of phenolic OH excluding ortho intramolecular Hbond substituents is 1. The molecule has 0 unspecified atom stereocenters. The van der Waals surface area contributed by atoms with Crippen molar-refractivity contribution in [1.82, 2.24) is 0 Å². The molecule has 2 rings (SSSR count). The Morgan fingerprint density at radius 3 is 2.52 bits per heavy atom. The first-order valence-electron chi connectivity index (χ1n) is 6.37. The van der Waals surface area contributed by atoms with Gasteiger partial charge in [-0.25, -0.2) is 0 Å². The Bertz CT molecular complexity index is 698. The number of nitrogens with one attached hydrogen (secondary N) is 1. The molecule has 21 heavy (non-hydrogen) atoms. The van der Waals surface area contributed by atoms with E-state index >= 15 is 0 Å². The summed E-state index contributed by atoms with van der Waals surface area (Å²) in [5, 5.41) is 12.5. The fraction of sp³-hybridized carbons (Fsp3) is 0.188. The van der Waals surface area contributed by atoms with Crippen molar-refractivity contribution in [2.24, 2.45) is 0 Å². The van der Waals surface area contributed by atoms with E-state index in [-0.39, 0.29) is 11.7 Å². The molecule has 0 atom stereocenters. The smallest absolute Gasteiger partial charge is 0.255 e. The van der Waals surface area contributed by atoms with Crippen LogP contribution in [0.1, 0.15) is 21.5 Å². The molecule has 0 aromatic heterocycles. The molecule has 2 aromatic carbocycles. The molecule has 0 fully saturated rings. The quantitative estimate of drug-likeness (QED) is 0.822. The SMILES string of the molecule is COc1ccc(C(=O)Nc2cc(C)c(O)cc2C)cc1Br. The third kappa shape index (κ3) is 3.36. The van der Waals surface area contributed by atoms with Crippen LogP contribution in [-0.2, 0) is 0 Å². The van der Waals surface area contributed by atoms with Crippen molar-refractivity contribution in [2.45, 2.75) is 13.8 Å². The number of methoxy groups -OCH3 is 1. The second-order valence-electron chi connectivity index (χ2n) is 4.76. The maximum absolute atomic E-state index is 12.3. The van der Waals surface area contributed by atoms with E-state index in [1.165, 1.54) is 0 Å². The van der Waals surface area contributed by atoms with Crippen LogP contribution in [0.2, 0.25) is 0 Å². The van der Waals surface area contributed by atoms with Gasteiger partial charge < -0.3 is 15.2 Å². The summed E-state index contributed by atoms with van der Waals surface area (Å²) in [6.07, 6.45) is 0. The molecule has 110 valence electrons. The highest BCUT2D eigenvalue weighted by molar-refractivity contribution is 9.10. The first-order valence-corrected chi connectivity index (χ1v) is 7.16. The number of halogens is 1. The number of anilines is 1. The molecular formula is C16H16BrNO3. The van der Waals surface area contributed by atoms with Crippen LogP contribution < -0.4 is 10.1 Å². The Balaban J connectivity index is 2.26. The van der Waals surface area contributed by atoms with Crippen LogP contribution in [0.25, 0.3) is 0 Å². The summed E-state index contributed by atoms with van der Waals surface area (Å²) < 4.78 is 5.86. The summed E-state index contributed by atoms with van der Waals surface area (Å²) in [7, 11) is 1.57. The summed E-state index contributed by atoms with van der Waals surface area (Å²) in [6, 6.07) is 8.52. The maximum Gasteiger partial charge on any atom is 0.255 e. The number of hydrogen-bond donors (Lipinski definition) is 2. The lowest BCUT2D eigenvalue weighted by Crippen LogP contribution is -2.13. The number of amides is 1. The van der Waals surface area contributed by atoms with Crippen LogP contribution in [0, 0.1) is 13.8 Å². The van der Waals surface area contributed by atoms with Crippen molar-refractivity contribution in [3.05, 3.63) is 51.5 Å². The largest absolute Gasteiger partial charge is 0.508 e. The Kier molecular flexibility index (Phi) is 4.53. The third-order valence-corrected chi connectivity index (χ3v) is 3.82. The van der Waals surface area contributed by atoms with E-state index in [2.05, 4.69) is 21.2 Å². The van der Waals surface area contributed by atoms with Gasteiger partial charge in [0.1, 0.15) is 11.5 Å². The van der Waals surface area contributed by atoms with Crippen LogP contribution in [0.5, 0.6) is 11.5 Å². The number of benzene rings is 2. The fourth-order valence-electron chi connectivity index (χ4n) is 1.94. The van der Waals surface area contributed by atoms with Crippen molar-refractivity contribution < 1.29 is 14.6 Å². The highest BCUT2D eigenvalue weighted by Gasteiger charge is 2.11. The van der Waals surface area contributed by atoms with Gasteiger partial charge in [0, 0.05) is 11.3 Å². The van der Waals surface area contributed by atoms with E-state index in [0.717, 1.165) is 10.0 Å². The highest BCUT2D eigenvalue weighted by atomic mass is 79.9. The van der Waals surface area contributed by atoms with Crippen LogP contribution in [-0.4, -0.2) is 18.1 Å². The zero-order valence-corrected chi connectivity index (χ0v) is 13.6. The molecule has 0 aliphatic carbocycles. The summed E-state index contributed by atoms with van der Waals surface area (Å²) in [6.45, 7) is 3.62. The minimum atomic E-state index is -0.216. The summed E-state index contributed by atoms with van der Waals surface area (Å²) in [4.78, 5) is 12.3. The predicted octanol–water partition coefficient (Wildman–Crippen LogP) is 4.03. The molecule has 4 nitrogen and oxygen atoms in total. The molecule has 1 amide bonds. The van der Waals surface area contributed by atoms with Gasteiger partial charge in [-0.3, -0.25) is 4.79 Å². The van der Waals surface area contributed by atoms with Gasteiger partial charge in [-0.15, -0.1) is 0 Å². The van der Waals surface area contributed by atoms with Crippen molar-refractivity contribution in [2.75, 3.05) is 12.4 Å². The molecule has 5 heteroatoms. The molecule has 2 N–H and O–H groups in total. The number of ether oxygens (including phenoxy) is 1. The molecular weight excluding hydrogens is 334 g/mol. The summed E-state index contributed by atoms with van der Waals surface area (Å²) >= 11 is 3.36. The first-order chi connectivity index (χ1) is 9.92. The lowest BCUT2D eigenvalue weighted by atomic mass is 10.1. The number of aromatic hydroxyl groups is 1. The van der Waals surface area contributed by atoms with Crippen LogP contribution in [0.4, 0.5) is 5.69 Å². The van der Waals surface area contributed by atoms with E-state index in [9.17, 15) is 9.90 Å². The van der Waals surface area contributed by atoms with Crippen molar-refractivity contribution in [3.8, 4) is 11.5 Å². The molecule has 0 spiro atoms. The lowest BCUT2D eigenvalue weighted by molar-refractivity contribution is 0.102. The topological polar surface area (TPSA) is 58.6 Å². The monoisotopic (exact) mass is 349 g/mol. The van der Waals surface area contributed by atoms with Crippen LogP contribution in [0.15, 0.2) is 34.8 Å². The average molecular weight is 350 g/mol. The number of phenols is 1. The van der Waals surface area contributed by atoms with Crippen molar-refractivity contribution >= 4 is 27.5 Å². The zero-order valence-electron chi connectivity index (χ0n) is 12.0. The highest BCUT2D eigenvalue weighted by Crippen LogP contribution is 2.28. The van der Waals surface area contributed by atoms with Gasteiger partial charge in [0.2, 0.25) is 0 Å². The van der Waals surface area contributed by atoms with Gasteiger partial charge in [-0.05, 0) is 71.2 Å². The molecule has 0 saturated carbocycles. The number of aryl methyl sites for hydroxylation is 2. The molecule has 0 bridgehead atoms. The number of rotatable bonds is 3. The minimum Gasteiger partial charge on any atom is -0.508 e. The second-order valence-corrected chi connectivity index (χ2v) is 5.61. The van der Waals surface area contributed by atoms with Crippen molar-refractivity contribution in [3.63, 3.8) is 0 Å². The molecule has 0 aliphatic heterocycles. The van der Waals surface area contributed by atoms with Crippen LogP contribution >= 0.6 is 15.9 Å². The third-order valence-electron chi connectivity index (χ3n) is 3.21. The van der Waals surface area contributed by atoms with Crippen molar-refractivity contribution in [1.29, 1.82) is 0 Å². The van der Waals surface area contributed by atoms with E-state index in [1.807, 2.05) is 6.92 Å². The van der Waals surface area contributed by atoms with E-state index < -0.39 is 0 Å². The number of carbonyl (C=O) groups is 1. The molecule has 0 radical (unpaired) electrons. The Labute approximate surface area is 131 Å². The van der Waals surface area contributed by atoms with E-state index in [0.29, 0.717) is 22.6 Å². The predicted molar refractivity (Wildman–Crippen MR) is 86.2 cm³/mol. The molecule has 2 aromatic rings. The van der Waals surface area contributed by atoms with Gasteiger partial charge in [0.25, 0.3) is 5.91 Å². The zero-order chi connectivity index (χ0) is 15.6. The summed E-state index contributed by atoms with van der Waals surface area (Å²) in [5.41, 5.74) is 2.72. The summed E-state index contributed by atoms with van der Waals surface area (Å²) in [5.74, 6) is 0.674. The minimum absolute atomic E-state index is 0.216. The maximum atomic E-state index is 12.3. The Hall–Kier alpha value is -2.01. The molecule has 0 aliphatic rings. The van der Waals surface area contributed by atoms with Gasteiger partial charge in [0.15, 0.2) is 0 Å². The van der Waals surface area contributed by atoms with Crippen LogP contribution in [0.3, 0.4) is 0 Å². The van der Waals surface area contributed by atoms with E-state index in [4.69, 9.17) is 4.74 Å². The lowest BCUT2D eigenvalue weighted by Gasteiger charge is -2.11. The number of carbonyl (C=O) groups excluding carboxylic acids is 1. The average Bonchev–Trinajstić information content (AvgIpc) is 2.44. The van der Waals surface area contributed by atoms with E-state index in [1.54, 1.807) is 44.4 Å². The fourth-order valence-corrected chi connectivity index (χ4v) is 2.48. The second kappa shape index (κ2) is 6.18.